The van der Waals surface area contributed by atoms with E-state index in [9.17, 15) is 9.90 Å². The molecule has 0 fully saturated rings. The van der Waals surface area contributed by atoms with E-state index in [4.69, 9.17) is 4.42 Å². The molecule has 5 heteroatoms. The number of aliphatic hydroxyl groups excluding tert-OH is 1. The zero-order valence-corrected chi connectivity index (χ0v) is 12.2. The number of hydrogen-bond acceptors (Lipinski definition) is 5. The second kappa shape index (κ2) is 5.54. The number of aliphatic hydroxyl groups is 1. The number of aromatic nitrogens is 1. The minimum Gasteiger partial charge on any atom is -0.507 e. The number of aryl methyl sites for hydroxylation is 1. The van der Waals surface area contributed by atoms with Gasteiger partial charge in [0.05, 0.1) is 4.88 Å². The van der Waals surface area contributed by atoms with Crippen LogP contribution in [0, 0.1) is 6.92 Å². The van der Waals surface area contributed by atoms with Crippen LogP contribution in [0.3, 0.4) is 0 Å². The fraction of sp³-hybridized carbons (Fsp3) is 0.125. The summed E-state index contributed by atoms with van der Waals surface area (Å²) in [6.45, 7) is 1.95. The smallest absolute Gasteiger partial charge is 0.358 e. The fourth-order valence-corrected chi connectivity index (χ4v) is 2.66. The van der Waals surface area contributed by atoms with Crippen molar-refractivity contribution in [2.24, 2.45) is 0 Å². The Labute approximate surface area is 125 Å². The number of fused-ring (bicyclic) bond motifs is 1. The van der Waals surface area contributed by atoms with Crippen LogP contribution < -0.4 is 5.63 Å². The van der Waals surface area contributed by atoms with Gasteiger partial charge in [0, 0.05) is 6.42 Å². The van der Waals surface area contributed by atoms with Crippen LogP contribution in [0.5, 0.6) is 0 Å². The number of allylic oxidation sites excluding steroid dienone is 1. The zero-order valence-electron chi connectivity index (χ0n) is 11.4. The standard InChI is InChI=1S/C16H13NO3S/c1-10-4-7-14-12(9-10)17-11(16(19)20-14)5-6-13(18)15-3-2-8-21-15/h2-4,6-9,18H,5H2,1H3. The summed E-state index contributed by atoms with van der Waals surface area (Å²) in [5.41, 5.74) is 1.99. The van der Waals surface area contributed by atoms with Gasteiger partial charge < -0.3 is 9.52 Å². The van der Waals surface area contributed by atoms with Crippen LogP contribution in [-0.4, -0.2) is 10.1 Å². The summed E-state index contributed by atoms with van der Waals surface area (Å²) in [5.74, 6) is 0.149. The van der Waals surface area contributed by atoms with Gasteiger partial charge in [-0.1, -0.05) is 12.1 Å². The SMILES string of the molecule is Cc1ccc2oc(=O)c(CC=C(O)c3cccs3)nc2c1. The monoisotopic (exact) mass is 299 g/mol. The van der Waals surface area contributed by atoms with Gasteiger partial charge in [0.25, 0.3) is 0 Å². The van der Waals surface area contributed by atoms with Crippen LogP contribution in [0.15, 0.2) is 51.0 Å². The van der Waals surface area contributed by atoms with E-state index in [0.29, 0.717) is 11.1 Å². The molecule has 0 saturated carbocycles. The van der Waals surface area contributed by atoms with Crippen molar-refractivity contribution >= 4 is 28.2 Å². The quantitative estimate of drug-likeness (QED) is 0.749. The van der Waals surface area contributed by atoms with E-state index in [1.54, 1.807) is 12.1 Å². The Kier molecular flexibility index (Phi) is 3.58. The van der Waals surface area contributed by atoms with Crippen LogP contribution in [0.25, 0.3) is 16.9 Å². The first kappa shape index (κ1) is 13.6. The fourth-order valence-electron chi connectivity index (χ4n) is 2.00. The summed E-state index contributed by atoms with van der Waals surface area (Å²) in [5, 5.41) is 11.8. The van der Waals surface area contributed by atoms with Crippen molar-refractivity contribution in [1.29, 1.82) is 0 Å². The number of nitrogens with zero attached hydrogens (tertiary/aromatic N) is 1. The lowest BCUT2D eigenvalue weighted by Crippen LogP contribution is -2.09. The lowest BCUT2D eigenvalue weighted by Gasteiger charge is -2.01. The molecule has 0 radical (unpaired) electrons. The molecule has 0 aliphatic carbocycles. The van der Waals surface area contributed by atoms with E-state index in [2.05, 4.69) is 4.98 Å². The highest BCUT2D eigenvalue weighted by molar-refractivity contribution is 7.11. The maximum atomic E-state index is 11.9. The molecule has 0 saturated heterocycles. The van der Waals surface area contributed by atoms with Gasteiger partial charge in [0.1, 0.15) is 17.0 Å². The zero-order chi connectivity index (χ0) is 14.8. The first-order chi connectivity index (χ1) is 10.1. The third-order valence-corrected chi connectivity index (χ3v) is 3.96. The average molecular weight is 299 g/mol. The molecular weight excluding hydrogens is 286 g/mol. The first-order valence-corrected chi connectivity index (χ1v) is 7.35. The maximum Gasteiger partial charge on any atom is 0.358 e. The Balaban J connectivity index is 1.95. The van der Waals surface area contributed by atoms with E-state index >= 15 is 0 Å². The van der Waals surface area contributed by atoms with Crippen molar-refractivity contribution in [3.05, 3.63) is 68.3 Å². The Morgan fingerprint density at radius 3 is 3.05 bits per heavy atom. The second-order valence-corrected chi connectivity index (χ2v) is 5.64. The molecule has 2 heterocycles. The second-order valence-electron chi connectivity index (χ2n) is 4.69. The van der Waals surface area contributed by atoms with Gasteiger partial charge in [-0.2, -0.15) is 0 Å². The molecule has 0 unspecified atom stereocenters. The average Bonchev–Trinajstić information content (AvgIpc) is 2.99. The first-order valence-electron chi connectivity index (χ1n) is 6.47. The topological polar surface area (TPSA) is 63.3 Å². The highest BCUT2D eigenvalue weighted by Gasteiger charge is 2.07. The summed E-state index contributed by atoms with van der Waals surface area (Å²) >= 11 is 1.43. The minimum atomic E-state index is -0.471. The normalized spacial score (nSPS) is 12.0. The van der Waals surface area contributed by atoms with Crippen LogP contribution in [0.4, 0.5) is 0 Å². The number of rotatable bonds is 3. The summed E-state index contributed by atoms with van der Waals surface area (Å²) in [6, 6.07) is 9.15. The van der Waals surface area contributed by atoms with Crippen LogP contribution >= 0.6 is 11.3 Å². The molecule has 1 N–H and O–H groups in total. The van der Waals surface area contributed by atoms with Crippen molar-refractivity contribution < 1.29 is 9.52 Å². The molecule has 0 amide bonds. The van der Waals surface area contributed by atoms with Gasteiger partial charge >= 0.3 is 5.63 Å². The van der Waals surface area contributed by atoms with E-state index in [1.807, 2.05) is 36.6 Å². The summed E-state index contributed by atoms with van der Waals surface area (Å²) < 4.78 is 5.24. The third kappa shape index (κ3) is 2.87. The molecule has 0 aliphatic rings. The van der Waals surface area contributed by atoms with Gasteiger partial charge in [-0.05, 0) is 42.1 Å². The van der Waals surface area contributed by atoms with Crippen molar-refractivity contribution in [3.8, 4) is 0 Å². The molecule has 0 atom stereocenters. The molecule has 1 aromatic carbocycles. The van der Waals surface area contributed by atoms with Gasteiger partial charge in [-0.25, -0.2) is 9.78 Å². The van der Waals surface area contributed by atoms with E-state index in [1.165, 1.54) is 11.3 Å². The molecule has 0 aliphatic heterocycles. The van der Waals surface area contributed by atoms with Crippen molar-refractivity contribution in [2.45, 2.75) is 13.3 Å². The van der Waals surface area contributed by atoms with Crippen molar-refractivity contribution in [2.75, 3.05) is 0 Å². The molecule has 0 bridgehead atoms. The highest BCUT2D eigenvalue weighted by Crippen LogP contribution is 2.18. The number of hydrogen-bond donors (Lipinski definition) is 1. The van der Waals surface area contributed by atoms with Crippen LogP contribution in [0.1, 0.15) is 16.1 Å². The maximum absolute atomic E-state index is 11.9. The highest BCUT2D eigenvalue weighted by atomic mass is 32.1. The molecule has 2 aromatic heterocycles. The van der Waals surface area contributed by atoms with Gasteiger partial charge in [-0.3, -0.25) is 0 Å². The van der Waals surface area contributed by atoms with E-state index in [-0.39, 0.29) is 17.9 Å². The summed E-state index contributed by atoms with van der Waals surface area (Å²) in [4.78, 5) is 17.0. The number of thiophene rings is 1. The Hall–Kier alpha value is -2.40. The molecule has 4 nitrogen and oxygen atoms in total. The number of benzene rings is 1. The van der Waals surface area contributed by atoms with Gasteiger partial charge in [0.15, 0.2) is 5.58 Å². The third-order valence-electron chi connectivity index (χ3n) is 3.07. The summed E-state index contributed by atoms with van der Waals surface area (Å²) in [7, 11) is 0. The Bertz CT molecular complexity index is 863. The largest absolute Gasteiger partial charge is 0.507 e. The minimum absolute atomic E-state index is 0.149. The molecule has 3 rings (SSSR count). The van der Waals surface area contributed by atoms with Crippen LogP contribution in [0.2, 0.25) is 0 Å². The molecule has 0 spiro atoms. The predicted molar refractivity (Wildman–Crippen MR) is 83.6 cm³/mol. The Morgan fingerprint density at radius 2 is 2.29 bits per heavy atom. The van der Waals surface area contributed by atoms with Crippen LogP contribution in [-0.2, 0) is 6.42 Å². The molecule has 106 valence electrons. The molecule has 3 aromatic rings. The lowest BCUT2D eigenvalue weighted by molar-refractivity contribution is 0.511. The summed E-state index contributed by atoms with van der Waals surface area (Å²) in [6.07, 6.45) is 1.81. The van der Waals surface area contributed by atoms with Crippen molar-refractivity contribution in [3.63, 3.8) is 0 Å². The van der Waals surface area contributed by atoms with E-state index < -0.39 is 5.63 Å². The van der Waals surface area contributed by atoms with Gasteiger partial charge in [0.2, 0.25) is 0 Å². The Morgan fingerprint density at radius 1 is 1.43 bits per heavy atom. The van der Waals surface area contributed by atoms with Crippen molar-refractivity contribution in [1.82, 2.24) is 4.98 Å². The predicted octanol–water partition coefficient (Wildman–Crippen LogP) is 3.70. The van der Waals surface area contributed by atoms with E-state index in [0.717, 1.165) is 10.4 Å². The lowest BCUT2D eigenvalue weighted by atomic mass is 10.2. The van der Waals surface area contributed by atoms with Gasteiger partial charge in [-0.15, -0.1) is 11.3 Å². The molecule has 21 heavy (non-hydrogen) atoms. The molecular formula is C16H13NO3S.